The van der Waals surface area contributed by atoms with E-state index in [1.165, 1.54) is 12.1 Å². The molecule has 0 amide bonds. The zero-order chi connectivity index (χ0) is 11.7. The lowest BCUT2D eigenvalue weighted by molar-refractivity contribution is 0.436. The Morgan fingerprint density at radius 3 is 2.62 bits per heavy atom. The molecule has 0 heterocycles. The van der Waals surface area contributed by atoms with E-state index in [1.54, 1.807) is 24.3 Å². The Morgan fingerprint density at radius 2 is 1.94 bits per heavy atom. The number of nitrogen functional groups attached to an aromatic ring is 1. The highest BCUT2D eigenvalue weighted by Crippen LogP contribution is 2.33. The highest BCUT2D eigenvalue weighted by atomic mass is 35.5. The standard InChI is InChI=1S/C12H9ClFNO/c13-8-3-1-2-7(6-8)9-4-5-10(15)12(16)11(9)14/h1-6,16H,15H2. The van der Waals surface area contributed by atoms with Crippen molar-refractivity contribution in [1.82, 2.24) is 0 Å². The van der Waals surface area contributed by atoms with Crippen LogP contribution >= 0.6 is 11.6 Å². The van der Waals surface area contributed by atoms with Gasteiger partial charge in [-0.1, -0.05) is 23.7 Å². The number of phenolic OH excluding ortho intramolecular Hbond substituents is 1. The van der Waals surface area contributed by atoms with Gasteiger partial charge in [-0.2, -0.15) is 0 Å². The number of aromatic hydroxyl groups is 1. The number of hydrogen-bond acceptors (Lipinski definition) is 2. The summed E-state index contributed by atoms with van der Waals surface area (Å²) in [5.41, 5.74) is 6.27. The minimum atomic E-state index is -0.734. The van der Waals surface area contributed by atoms with Crippen molar-refractivity contribution in [3.8, 4) is 16.9 Å². The monoisotopic (exact) mass is 237 g/mol. The van der Waals surface area contributed by atoms with E-state index in [4.69, 9.17) is 17.3 Å². The fraction of sp³-hybridized carbons (Fsp3) is 0. The van der Waals surface area contributed by atoms with Crippen LogP contribution < -0.4 is 5.73 Å². The van der Waals surface area contributed by atoms with Crippen molar-refractivity contribution in [2.24, 2.45) is 0 Å². The molecule has 0 fully saturated rings. The quantitative estimate of drug-likeness (QED) is 0.590. The molecule has 0 spiro atoms. The predicted molar refractivity (Wildman–Crippen MR) is 62.9 cm³/mol. The third-order valence-electron chi connectivity index (χ3n) is 2.28. The van der Waals surface area contributed by atoms with Crippen LogP contribution in [0.3, 0.4) is 0 Å². The average Bonchev–Trinajstić information content (AvgIpc) is 2.26. The van der Waals surface area contributed by atoms with E-state index in [0.717, 1.165) is 0 Å². The van der Waals surface area contributed by atoms with Crippen LogP contribution in [0.15, 0.2) is 36.4 Å². The van der Waals surface area contributed by atoms with E-state index < -0.39 is 11.6 Å². The predicted octanol–water partition coefficient (Wildman–Crippen LogP) is 3.43. The first kappa shape index (κ1) is 10.8. The second-order valence-electron chi connectivity index (χ2n) is 3.38. The molecule has 3 N–H and O–H groups in total. The van der Waals surface area contributed by atoms with E-state index in [9.17, 15) is 9.50 Å². The van der Waals surface area contributed by atoms with Gasteiger partial charge >= 0.3 is 0 Å². The van der Waals surface area contributed by atoms with E-state index in [1.807, 2.05) is 0 Å². The number of anilines is 1. The molecule has 0 saturated heterocycles. The van der Waals surface area contributed by atoms with E-state index >= 15 is 0 Å². The van der Waals surface area contributed by atoms with Crippen molar-refractivity contribution >= 4 is 17.3 Å². The average molecular weight is 238 g/mol. The van der Waals surface area contributed by atoms with Crippen molar-refractivity contribution in [2.75, 3.05) is 5.73 Å². The van der Waals surface area contributed by atoms with Crippen LogP contribution in [-0.2, 0) is 0 Å². The second-order valence-corrected chi connectivity index (χ2v) is 3.81. The molecule has 2 aromatic rings. The summed E-state index contributed by atoms with van der Waals surface area (Å²) in [4.78, 5) is 0. The van der Waals surface area contributed by atoms with Crippen LogP contribution in [0, 0.1) is 5.82 Å². The molecule has 0 aliphatic carbocycles. The van der Waals surface area contributed by atoms with Crippen LogP contribution in [0.1, 0.15) is 0 Å². The van der Waals surface area contributed by atoms with Crippen LogP contribution in [0.4, 0.5) is 10.1 Å². The number of halogens is 2. The normalized spacial score (nSPS) is 10.4. The van der Waals surface area contributed by atoms with Gasteiger partial charge in [-0.15, -0.1) is 0 Å². The molecule has 0 unspecified atom stereocenters. The van der Waals surface area contributed by atoms with E-state index in [0.29, 0.717) is 10.6 Å². The number of benzene rings is 2. The summed E-state index contributed by atoms with van der Waals surface area (Å²) in [7, 11) is 0. The lowest BCUT2D eigenvalue weighted by Gasteiger charge is -2.07. The summed E-state index contributed by atoms with van der Waals surface area (Å²) in [6.45, 7) is 0. The van der Waals surface area contributed by atoms with Crippen LogP contribution in [0.25, 0.3) is 11.1 Å². The fourth-order valence-electron chi connectivity index (χ4n) is 1.46. The first-order chi connectivity index (χ1) is 7.59. The van der Waals surface area contributed by atoms with Gasteiger partial charge in [0.05, 0.1) is 5.69 Å². The van der Waals surface area contributed by atoms with E-state index in [-0.39, 0.29) is 11.3 Å². The Hall–Kier alpha value is -1.74. The molecule has 2 rings (SSSR count). The van der Waals surface area contributed by atoms with Crippen molar-refractivity contribution < 1.29 is 9.50 Å². The van der Waals surface area contributed by atoms with Crippen LogP contribution in [0.5, 0.6) is 5.75 Å². The molecule has 2 nitrogen and oxygen atoms in total. The molecular formula is C12H9ClFNO. The maximum absolute atomic E-state index is 13.7. The van der Waals surface area contributed by atoms with Crippen molar-refractivity contribution in [3.05, 3.63) is 47.2 Å². The van der Waals surface area contributed by atoms with Gasteiger partial charge in [0.2, 0.25) is 0 Å². The van der Waals surface area contributed by atoms with Crippen molar-refractivity contribution in [3.63, 3.8) is 0 Å². The highest BCUT2D eigenvalue weighted by molar-refractivity contribution is 6.30. The summed E-state index contributed by atoms with van der Waals surface area (Å²) >= 11 is 5.81. The van der Waals surface area contributed by atoms with Gasteiger partial charge < -0.3 is 10.8 Å². The minimum absolute atomic E-state index is 0.0169. The summed E-state index contributed by atoms with van der Waals surface area (Å²) in [6, 6.07) is 9.70. The lowest BCUT2D eigenvalue weighted by Crippen LogP contribution is -1.91. The Kier molecular flexibility index (Phi) is 2.71. The van der Waals surface area contributed by atoms with Gasteiger partial charge in [0, 0.05) is 10.6 Å². The third kappa shape index (κ3) is 1.82. The first-order valence-corrected chi connectivity index (χ1v) is 5.00. The molecule has 0 aromatic heterocycles. The Balaban J connectivity index is 2.61. The number of rotatable bonds is 1. The number of phenols is 1. The fourth-order valence-corrected chi connectivity index (χ4v) is 1.65. The Labute approximate surface area is 97.1 Å². The topological polar surface area (TPSA) is 46.2 Å². The minimum Gasteiger partial charge on any atom is -0.503 e. The Bertz CT molecular complexity index is 543. The molecule has 16 heavy (non-hydrogen) atoms. The molecule has 0 bridgehead atoms. The molecule has 4 heteroatoms. The molecule has 0 aliphatic heterocycles. The first-order valence-electron chi connectivity index (χ1n) is 4.62. The summed E-state index contributed by atoms with van der Waals surface area (Å²) in [5, 5.41) is 9.89. The largest absolute Gasteiger partial charge is 0.503 e. The summed E-state index contributed by atoms with van der Waals surface area (Å²) in [5.74, 6) is -1.26. The zero-order valence-electron chi connectivity index (χ0n) is 8.24. The van der Waals surface area contributed by atoms with Gasteiger partial charge in [0.15, 0.2) is 11.6 Å². The van der Waals surface area contributed by atoms with Gasteiger partial charge in [-0.25, -0.2) is 4.39 Å². The second kappa shape index (κ2) is 4.02. The number of nitrogens with two attached hydrogens (primary N) is 1. The summed E-state index contributed by atoms with van der Waals surface area (Å²) in [6.07, 6.45) is 0. The molecule has 0 aliphatic rings. The maximum Gasteiger partial charge on any atom is 0.175 e. The summed E-state index contributed by atoms with van der Waals surface area (Å²) < 4.78 is 13.7. The van der Waals surface area contributed by atoms with Crippen LogP contribution in [0.2, 0.25) is 5.02 Å². The molecule has 82 valence electrons. The van der Waals surface area contributed by atoms with E-state index in [2.05, 4.69) is 0 Å². The van der Waals surface area contributed by atoms with Gasteiger partial charge in [0.1, 0.15) is 0 Å². The third-order valence-corrected chi connectivity index (χ3v) is 2.52. The Morgan fingerprint density at radius 1 is 1.19 bits per heavy atom. The van der Waals surface area contributed by atoms with Crippen LogP contribution in [-0.4, -0.2) is 5.11 Å². The maximum atomic E-state index is 13.7. The number of hydrogen-bond donors (Lipinski definition) is 2. The molecular weight excluding hydrogens is 229 g/mol. The molecule has 0 saturated carbocycles. The van der Waals surface area contributed by atoms with Crippen molar-refractivity contribution in [2.45, 2.75) is 0 Å². The zero-order valence-corrected chi connectivity index (χ0v) is 9.00. The lowest BCUT2D eigenvalue weighted by atomic mass is 10.0. The smallest absolute Gasteiger partial charge is 0.175 e. The van der Waals surface area contributed by atoms with Crippen molar-refractivity contribution in [1.29, 1.82) is 0 Å². The highest BCUT2D eigenvalue weighted by Gasteiger charge is 2.12. The van der Waals surface area contributed by atoms with Gasteiger partial charge in [0.25, 0.3) is 0 Å². The molecule has 0 radical (unpaired) electrons. The molecule has 0 atom stereocenters. The molecule has 2 aromatic carbocycles. The van der Waals surface area contributed by atoms with Gasteiger partial charge in [-0.05, 0) is 29.8 Å². The van der Waals surface area contributed by atoms with Gasteiger partial charge in [-0.3, -0.25) is 0 Å². The SMILES string of the molecule is Nc1ccc(-c2cccc(Cl)c2)c(F)c1O.